The van der Waals surface area contributed by atoms with E-state index in [0.29, 0.717) is 6.04 Å². The number of benzene rings is 1. The molecular formula is C13H19IN2. The third-order valence-corrected chi connectivity index (χ3v) is 3.96. The lowest BCUT2D eigenvalue weighted by Crippen LogP contribution is -2.48. The van der Waals surface area contributed by atoms with E-state index in [4.69, 9.17) is 0 Å². The van der Waals surface area contributed by atoms with E-state index >= 15 is 0 Å². The molecule has 0 aliphatic carbocycles. The fourth-order valence-corrected chi connectivity index (χ4v) is 2.51. The highest BCUT2D eigenvalue weighted by Crippen LogP contribution is 2.18. The van der Waals surface area contributed by atoms with Crippen molar-refractivity contribution >= 4 is 28.3 Å². The summed E-state index contributed by atoms with van der Waals surface area (Å²) in [5.41, 5.74) is 1.36. The van der Waals surface area contributed by atoms with Crippen molar-refractivity contribution in [2.75, 3.05) is 31.1 Å². The van der Waals surface area contributed by atoms with Crippen molar-refractivity contribution in [3.8, 4) is 0 Å². The smallest absolute Gasteiger partial charge is 0.0367 e. The highest BCUT2D eigenvalue weighted by Gasteiger charge is 2.18. The highest BCUT2D eigenvalue weighted by molar-refractivity contribution is 14.1. The summed E-state index contributed by atoms with van der Waals surface area (Å²) in [6, 6.07) is 9.51. The third kappa shape index (κ3) is 2.88. The number of nitrogens with zero attached hydrogens (tertiary/aromatic N) is 2. The van der Waals surface area contributed by atoms with Crippen molar-refractivity contribution < 1.29 is 0 Å². The predicted octanol–water partition coefficient (Wildman–Crippen LogP) is 2.82. The maximum atomic E-state index is 2.54. The molecule has 0 aromatic heterocycles. The second-order valence-corrected chi connectivity index (χ2v) is 5.84. The lowest BCUT2D eigenvalue weighted by Gasteiger charge is -2.38. The van der Waals surface area contributed by atoms with Gasteiger partial charge in [0.1, 0.15) is 0 Å². The minimum Gasteiger partial charge on any atom is -0.369 e. The van der Waals surface area contributed by atoms with Crippen LogP contribution in [0.2, 0.25) is 0 Å². The first-order valence-electron chi connectivity index (χ1n) is 5.91. The Kier molecular flexibility index (Phi) is 4.08. The summed E-state index contributed by atoms with van der Waals surface area (Å²) in [6.07, 6.45) is 0. The van der Waals surface area contributed by atoms with Gasteiger partial charge >= 0.3 is 0 Å². The monoisotopic (exact) mass is 330 g/mol. The Bertz CT molecular complexity index is 326. The van der Waals surface area contributed by atoms with Crippen molar-refractivity contribution in [2.24, 2.45) is 0 Å². The average Bonchev–Trinajstić information content (AvgIpc) is 2.30. The Labute approximate surface area is 112 Å². The topological polar surface area (TPSA) is 6.48 Å². The second kappa shape index (κ2) is 5.36. The molecular weight excluding hydrogens is 311 g/mol. The summed E-state index contributed by atoms with van der Waals surface area (Å²) in [6.45, 7) is 9.23. The fourth-order valence-electron chi connectivity index (χ4n) is 2.15. The summed E-state index contributed by atoms with van der Waals surface area (Å²) in [5, 5.41) is 0. The molecule has 1 aliphatic rings. The molecule has 1 heterocycles. The first-order valence-corrected chi connectivity index (χ1v) is 6.99. The van der Waals surface area contributed by atoms with Gasteiger partial charge in [0.05, 0.1) is 0 Å². The third-order valence-electron chi connectivity index (χ3n) is 3.24. The molecule has 0 radical (unpaired) electrons. The number of hydrogen-bond acceptors (Lipinski definition) is 2. The van der Waals surface area contributed by atoms with Crippen LogP contribution in [0.3, 0.4) is 0 Å². The van der Waals surface area contributed by atoms with E-state index in [1.165, 1.54) is 22.3 Å². The molecule has 1 aromatic rings. The van der Waals surface area contributed by atoms with E-state index < -0.39 is 0 Å². The van der Waals surface area contributed by atoms with Crippen LogP contribution in [-0.2, 0) is 0 Å². The molecule has 2 rings (SSSR count). The largest absolute Gasteiger partial charge is 0.369 e. The summed E-state index contributed by atoms with van der Waals surface area (Å²) in [7, 11) is 0. The van der Waals surface area contributed by atoms with Crippen molar-refractivity contribution in [1.29, 1.82) is 0 Å². The van der Waals surface area contributed by atoms with Crippen LogP contribution in [0, 0.1) is 3.57 Å². The van der Waals surface area contributed by atoms with Gasteiger partial charge in [-0.3, -0.25) is 4.90 Å². The van der Waals surface area contributed by atoms with Gasteiger partial charge < -0.3 is 4.90 Å². The lowest BCUT2D eigenvalue weighted by atomic mass is 10.2. The zero-order chi connectivity index (χ0) is 11.5. The van der Waals surface area contributed by atoms with Crippen LogP contribution in [0.25, 0.3) is 0 Å². The Morgan fingerprint density at radius 1 is 1.00 bits per heavy atom. The van der Waals surface area contributed by atoms with Crippen molar-refractivity contribution in [2.45, 2.75) is 19.9 Å². The number of rotatable bonds is 2. The van der Waals surface area contributed by atoms with Gasteiger partial charge in [-0.05, 0) is 60.7 Å². The molecule has 3 heteroatoms. The molecule has 1 aliphatic heterocycles. The van der Waals surface area contributed by atoms with Crippen molar-refractivity contribution in [1.82, 2.24) is 4.90 Å². The van der Waals surface area contributed by atoms with Crippen LogP contribution in [0.1, 0.15) is 13.8 Å². The normalized spacial score (nSPS) is 18.1. The summed E-state index contributed by atoms with van der Waals surface area (Å²) in [4.78, 5) is 5.03. The number of halogens is 1. The van der Waals surface area contributed by atoms with Crippen molar-refractivity contribution in [3.63, 3.8) is 0 Å². The lowest BCUT2D eigenvalue weighted by molar-refractivity contribution is 0.209. The molecule has 0 atom stereocenters. The Balaban J connectivity index is 1.96. The summed E-state index contributed by atoms with van der Waals surface area (Å²) < 4.78 is 1.31. The standard InChI is InChI=1S/C13H19IN2/c1-11(2)15-7-9-16(10-8-15)13-5-3-12(14)4-6-13/h3-6,11H,7-10H2,1-2H3. The van der Waals surface area contributed by atoms with E-state index in [-0.39, 0.29) is 0 Å². The molecule has 1 aromatic carbocycles. The highest BCUT2D eigenvalue weighted by atomic mass is 127. The molecule has 16 heavy (non-hydrogen) atoms. The molecule has 2 nitrogen and oxygen atoms in total. The maximum absolute atomic E-state index is 2.54. The van der Waals surface area contributed by atoms with Gasteiger partial charge in [-0.2, -0.15) is 0 Å². The van der Waals surface area contributed by atoms with E-state index in [1.54, 1.807) is 0 Å². The first-order chi connectivity index (χ1) is 7.66. The second-order valence-electron chi connectivity index (χ2n) is 4.59. The van der Waals surface area contributed by atoms with Gasteiger partial charge in [0.25, 0.3) is 0 Å². The summed E-state index contributed by atoms with van der Waals surface area (Å²) >= 11 is 2.35. The summed E-state index contributed by atoms with van der Waals surface area (Å²) in [5.74, 6) is 0. The van der Waals surface area contributed by atoms with Crippen LogP contribution >= 0.6 is 22.6 Å². The first kappa shape index (κ1) is 12.2. The number of anilines is 1. The van der Waals surface area contributed by atoms with Gasteiger partial charge in [-0.1, -0.05) is 0 Å². The molecule has 0 saturated carbocycles. The van der Waals surface area contributed by atoms with E-state index in [2.05, 4.69) is 70.5 Å². The average molecular weight is 330 g/mol. The number of piperazine rings is 1. The fraction of sp³-hybridized carbons (Fsp3) is 0.538. The maximum Gasteiger partial charge on any atom is 0.0367 e. The molecule has 1 saturated heterocycles. The van der Waals surface area contributed by atoms with Gasteiger partial charge in [0.15, 0.2) is 0 Å². The molecule has 88 valence electrons. The van der Waals surface area contributed by atoms with Crippen LogP contribution in [0.4, 0.5) is 5.69 Å². The van der Waals surface area contributed by atoms with E-state index in [9.17, 15) is 0 Å². The van der Waals surface area contributed by atoms with Crippen LogP contribution in [0.15, 0.2) is 24.3 Å². The molecule has 0 N–H and O–H groups in total. The molecule has 0 amide bonds. The van der Waals surface area contributed by atoms with Gasteiger partial charge in [0.2, 0.25) is 0 Å². The van der Waals surface area contributed by atoms with E-state index in [1.807, 2.05) is 0 Å². The minimum atomic E-state index is 0.680. The number of hydrogen-bond donors (Lipinski definition) is 0. The minimum absolute atomic E-state index is 0.680. The Morgan fingerprint density at radius 2 is 1.56 bits per heavy atom. The Morgan fingerprint density at radius 3 is 2.06 bits per heavy atom. The van der Waals surface area contributed by atoms with Crippen LogP contribution in [0.5, 0.6) is 0 Å². The van der Waals surface area contributed by atoms with Crippen LogP contribution < -0.4 is 4.90 Å². The molecule has 1 fully saturated rings. The SMILES string of the molecule is CC(C)N1CCN(c2ccc(I)cc2)CC1. The Hall–Kier alpha value is -0.290. The molecule has 0 bridgehead atoms. The predicted molar refractivity (Wildman–Crippen MR) is 78.1 cm³/mol. The van der Waals surface area contributed by atoms with Gasteiger partial charge in [-0.15, -0.1) is 0 Å². The van der Waals surface area contributed by atoms with Gasteiger partial charge in [-0.25, -0.2) is 0 Å². The quantitative estimate of drug-likeness (QED) is 0.770. The van der Waals surface area contributed by atoms with E-state index in [0.717, 1.165) is 13.1 Å². The zero-order valence-electron chi connectivity index (χ0n) is 9.99. The van der Waals surface area contributed by atoms with Gasteiger partial charge in [0, 0.05) is 41.5 Å². The molecule has 0 unspecified atom stereocenters. The zero-order valence-corrected chi connectivity index (χ0v) is 12.1. The van der Waals surface area contributed by atoms with Crippen molar-refractivity contribution in [3.05, 3.63) is 27.8 Å². The van der Waals surface area contributed by atoms with Crippen LogP contribution in [-0.4, -0.2) is 37.1 Å². The molecule has 0 spiro atoms.